The number of nitrogens with one attached hydrogen (secondary N) is 1. The van der Waals surface area contributed by atoms with Crippen molar-refractivity contribution in [1.82, 2.24) is 19.3 Å². The van der Waals surface area contributed by atoms with E-state index in [4.69, 9.17) is 4.74 Å². The zero-order valence-electron chi connectivity index (χ0n) is 18.9. The highest BCUT2D eigenvalue weighted by Crippen LogP contribution is 2.31. The number of benzene rings is 2. The van der Waals surface area contributed by atoms with E-state index in [2.05, 4.69) is 15.5 Å². The lowest BCUT2D eigenvalue weighted by Crippen LogP contribution is -2.35. The van der Waals surface area contributed by atoms with Crippen molar-refractivity contribution < 1.29 is 17.9 Å². The van der Waals surface area contributed by atoms with Crippen LogP contribution in [0.5, 0.6) is 5.75 Å². The molecule has 1 aliphatic heterocycles. The van der Waals surface area contributed by atoms with Crippen molar-refractivity contribution in [2.24, 2.45) is 0 Å². The fraction of sp³-hybridized carbons (Fsp3) is 0.292. The predicted molar refractivity (Wildman–Crippen MR) is 129 cm³/mol. The number of rotatable bonds is 8. The van der Waals surface area contributed by atoms with Crippen LogP contribution in [0.15, 0.2) is 65.7 Å². The Bertz CT molecular complexity index is 1270. The monoisotopic (exact) mass is 481 g/mol. The molecule has 1 saturated heterocycles. The molecule has 10 heteroatoms. The number of nitrogens with zero attached hydrogens (tertiary/aromatic N) is 4. The van der Waals surface area contributed by atoms with Gasteiger partial charge in [0.2, 0.25) is 15.9 Å². The Kier molecular flexibility index (Phi) is 7.39. The van der Waals surface area contributed by atoms with Crippen LogP contribution in [-0.2, 0) is 14.8 Å². The molecule has 34 heavy (non-hydrogen) atoms. The SMILES string of the molecule is CCOc1ccc(NC(=O)/C=C/c2cnn(-c3ccccc3)n2)cc1S(=O)(=O)N1CCCCC1. The molecule has 1 N–H and O–H groups in total. The predicted octanol–water partition coefficient (Wildman–Crippen LogP) is 3.49. The molecule has 2 aromatic carbocycles. The van der Waals surface area contributed by atoms with Crippen molar-refractivity contribution in [3.63, 3.8) is 0 Å². The van der Waals surface area contributed by atoms with Gasteiger partial charge in [0.25, 0.3) is 0 Å². The largest absolute Gasteiger partial charge is 0.492 e. The number of carbonyl (C=O) groups is 1. The van der Waals surface area contributed by atoms with Crippen LogP contribution in [0.1, 0.15) is 31.9 Å². The first-order chi connectivity index (χ1) is 16.5. The van der Waals surface area contributed by atoms with Crippen molar-refractivity contribution >= 4 is 27.7 Å². The van der Waals surface area contributed by atoms with Crippen LogP contribution in [0.2, 0.25) is 0 Å². The third-order valence-corrected chi connectivity index (χ3v) is 7.27. The maximum Gasteiger partial charge on any atom is 0.248 e. The lowest BCUT2D eigenvalue weighted by molar-refractivity contribution is -0.111. The minimum Gasteiger partial charge on any atom is -0.492 e. The summed E-state index contributed by atoms with van der Waals surface area (Å²) in [4.78, 5) is 14.0. The van der Waals surface area contributed by atoms with Gasteiger partial charge in [-0.3, -0.25) is 4.79 Å². The van der Waals surface area contributed by atoms with Gasteiger partial charge >= 0.3 is 0 Å². The minimum atomic E-state index is -3.73. The van der Waals surface area contributed by atoms with Crippen molar-refractivity contribution in [1.29, 1.82) is 0 Å². The van der Waals surface area contributed by atoms with E-state index in [9.17, 15) is 13.2 Å². The van der Waals surface area contributed by atoms with Crippen LogP contribution >= 0.6 is 0 Å². The number of aromatic nitrogens is 3. The molecule has 0 unspecified atom stereocenters. The van der Waals surface area contributed by atoms with Gasteiger partial charge in [-0.25, -0.2) is 8.42 Å². The van der Waals surface area contributed by atoms with E-state index in [-0.39, 0.29) is 10.6 Å². The Balaban J connectivity index is 1.49. The number of carbonyl (C=O) groups excluding carboxylic acids is 1. The molecule has 4 rings (SSSR count). The standard InChI is InChI=1S/C24H27N5O4S/c1-2-33-22-13-11-19(17-23(22)34(31,32)28-15-7-4-8-16-28)26-24(30)14-12-20-18-25-29(27-20)21-9-5-3-6-10-21/h3,5-6,9-14,17-18H,2,4,7-8,15-16H2,1H3,(H,26,30)/b14-12+. The molecule has 0 atom stereocenters. The lowest BCUT2D eigenvalue weighted by Gasteiger charge is -2.26. The summed E-state index contributed by atoms with van der Waals surface area (Å²) >= 11 is 0. The quantitative estimate of drug-likeness (QED) is 0.494. The average Bonchev–Trinajstić information content (AvgIpc) is 3.34. The molecule has 2 heterocycles. The number of anilines is 1. The highest BCUT2D eigenvalue weighted by atomic mass is 32.2. The summed E-state index contributed by atoms with van der Waals surface area (Å²) in [5.74, 6) is -0.140. The first-order valence-electron chi connectivity index (χ1n) is 11.2. The zero-order valence-corrected chi connectivity index (χ0v) is 19.7. The minimum absolute atomic E-state index is 0.0591. The fourth-order valence-corrected chi connectivity index (χ4v) is 5.36. The summed E-state index contributed by atoms with van der Waals surface area (Å²) in [7, 11) is -3.73. The number of ether oxygens (including phenoxy) is 1. The van der Waals surface area contributed by atoms with Crippen molar-refractivity contribution in [3.8, 4) is 11.4 Å². The summed E-state index contributed by atoms with van der Waals surface area (Å²) in [6, 6.07) is 14.1. The molecule has 0 spiro atoms. The third kappa shape index (κ3) is 5.52. The van der Waals surface area contributed by atoms with Crippen LogP contribution in [0.3, 0.4) is 0 Å². The molecule has 1 aliphatic rings. The molecule has 0 aliphatic carbocycles. The molecule has 0 radical (unpaired) electrons. The highest BCUT2D eigenvalue weighted by molar-refractivity contribution is 7.89. The smallest absolute Gasteiger partial charge is 0.248 e. The first kappa shape index (κ1) is 23.7. The van der Waals surface area contributed by atoms with Gasteiger partial charge in [-0.15, -0.1) is 5.10 Å². The highest BCUT2D eigenvalue weighted by Gasteiger charge is 2.29. The van der Waals surface area contributed by atoms with E-state index in [0.29, 0.717) is 31.1 Å². The summed E-state index contributed by atoms with van der Waals surface area (Å²) in [6.07, 6.45) is 7.11. The Labute approximate surface area is 199 Å². The Morgan fingerprint density at radius 1 is 1.12 bits per heavy atom. The van der Waals surface area contributed by atoms with Crippen LogP contribution in [0.4, 0.5) is 5.69 Å². The van der Waals surface area contributed by atoms with E-state index in [1.165, 1.54) is 21.2 Å². The van der Waals surface area contributed by atoms with Crippen LogP contribution in [-0.4, -0.2) is 53.3 Å². The molecular formula is C24H27N5O4S. The van der Waals surface area contributed by atoms with Gasteiger partial charge in [-0.05, 0) is 56.2 Å². The van der Waals surface area contributed by atoms with Crippen LogP contribution < -0.4 is 10.1 Å². The number of amides is 1. The van der Waals surface area contributed by atoms with Gasteiger partial charge in [-0.1, -0.05) is 24.6 Å². The van der Waals surface area contributed by atoms with Gasteiger partial charge in [0, 0.05) is 24.9 Å². The number of piperidine rings is 1. The summed E-state index contributed by atoms with van der Waals surface area (Å²) < 4.78 is 33.6. The fourth-order valence-electron chi connectivity index (χ4n) is 3.69. The second kappa shape index (κ2) is 10.6. The number of hydrogen-bond acceptors (Lipinski definition) is 6. The van der Waals surface area contributed by atoms with E-state index >= 15 is 0 Å². The topological polar surface area (TPSA) is 106 Å². The molecule has 0 saturated carbocycles. The molecule has 3 aromatic rings. The maximum atomic E-state index is 13.3. The van der Waals surface area contributed by atoms with E-state index in [1.807, 2.05) is 30.3 Å². The van der Waals surface area contributed by atoms with Crippen LogP contribution in [0, 0.1) is 0 Å². The Morgan fingerprint density at radius 2 is 1.88 bits per heavy atom. The molecule has 1 aromatic heterocycles. The van der Waals surface area contributed by atoms with Gasteiger partial charge in [0.15, 0.2) is 0 Å². The number of sulfonamides is 1. The zero-order chi connectivity index (χ0) is 24.0. The molecule has 178 valence electrons. The van der Waals surface area contributed by atoms with Crippen molar-refractivity contribution in [3.05, 3.63) is 66.5 Å². The van der Waals surface area contributed by atoms with Gasteiger partial charge in [0.1, 0.15) is 16.3 Å². The summed E-state index contributed by atoms with van der Waals surface area (Å²) in [5.41, 5.74) is 1.68. The molecule has 0 bridgehead atoms. The third-order valence-electron chi connectivity index (χ3n) is 5.35. The normalized spacial score (nSPS) is 14.9. The maximum absolute atomic E-state index is 13.3. The van der Waals surface area contributed by atoms with Gasteiger partial charge in [0.05, 0.1) is 18.5 Å². The van der Waals surface area contributed by atoms with Gasteiger partial charge < -0.3 is 10.1 Å². The first-order valence-corrected chi connectivity index (χ1v) is 12.7. The van der Waals surface area contributed by atoms with Crippen molar-refractivity contribution in [2.75, 3.05) is 25.0 Å². The average molecular weight is 482 g/mol. The van der Waals surface area contributed by atoms with E-state index < -0.39 is 15.9 Å². The molecular weight excluding hydrogens is 454 g/mol. The Morgan fingerprint density at radius 3 is 2.62 bits per heavy atom. The summed E-state index contributed by atoms with van der Waals surface area (Å²) in [6.45, 7) is 3.10. The molecule has 9 nitrogen and oxygen atoms in total. The van der Waals surface area contributed by atoms with Crippen molar-refractivity contribution in [2.45, 2.75) is 31.1 Å². The second-order valence-corrected chi connectivity index (χ2v) is 9.68. The molecule has 1 amide bonds. The molecule has 1 fully saturated rings. The Hall–Kier alpha value is -3.50. The number of para-hydroxylation sites is 1. The number of hydrogen-bond donors (Lipinski definition) is 1. The van der Waals surface area contributed by atoms with E-state index in [1.54, 1.807) is 31.3 Å². The lowest BCUT2D eigenvalue weighted by atomic mass is 10.2. The van der Waals surface area contributed by atoms with E-state index in [0.717, 1.165) is 24.9 Å². The van der Waals surface area contributed by atoms with Crippen LogP contribution in [0.25, 0.3) is 11.8 Å². The van der Waals surface area contributed by atoms with Gasteiger partial charge in [-0.2, -0.15) is 14.2 Å². The second-order valence-electron chi connectivity index (χ2n) is 7.78. The summed E-state index contributed by atoms with van der Waals surface area (Å²) in [5, 5.41) is 11.2.